The molecule has 15 heavy (non-hydrogen) atoms. The number of halogens is 1. The molecule has 0 aliphatic carbocycles. The second kappa shape index (κ2) is 4.77. The molecule has 0 bridgehead atoms. The van der Waals surface area contributed by atoms with Gasteiger partial charge in [-0.15, -0.1) is 0 Å². The van der Waals surface area contributed by atoms with Crippen LogP contribution in [-0.2, 0) is 4.79 Å². The minimum absolute atomic E-state index is 0.222. The maximum Gasteiger partial charge on any atom is 0.353 e. The van der Waals surface area contributed by atoms with Gasteiger partial charge in [0, 0.05) is 10.6 Å². The van der Waals surface area contributed by atoms with Gasteiger partial charge in [0.15, 0.2) is 0 Å². The number of hydrogen-bond acceptors (Lipinski definition) is 3. The third-order valence-electron chi connectivity index (χ3n) is 1.61. The standard InChI is InChI=1S/C9H8ClNO4/c10-6-3-1-5(2-4-6)7(12)11-8(13)9(14)15/h1-4,8,13H,(H,11,12)(H,14,15)/t8-/m1/s1. The quantitative estimate of drug-likeness (QED) is 0.658. The molecule has 0 radical (unpaired) electrons. The Balaban J connectivity index is 2.69. The van der Waals surface area contributed by atoms with Crippen molar-refractivity contribution in [2.75, 3.05) is 0 Å². The first-order chi connectivity index (χ1) is 7.00. The Morgan fingerprint density at radius 1 is 1.27 bits per heavy atom. The van der Waals surface area contributed by atoms with Gasteiger partial charge in [-0.05, 0) is 24.3 Å². The molecule has 0 fully saturated rings. The minimum atomic E-state index is -1.91. The number of carboxylic acid groups (broad SMARTS) is 1. The van der Waals surface area contributed by atoms with E-state index >= 15 is 0 Å². The van der Waals surface area contributed by atoms with E-state index in [4.69, 9.17) is 21.8 Å². The van der Waals surface area contributed by atoms with Crippen LogP contribution in [0.15, 0.2) is 24.3 Å². The molecule has 0 aliphatic rings. The van der Waals surface area contributed by atoms with Crippen LogP contribution in [0.1, 0.15) is 10.4 Å². The first-order valence-electron chi connectivity index (χ1n) is 3.98. The Bertz CT molecular complexity index is 376. The smallest absolute Gasteiger partial charge is 0.353 e. The Morgan fingerprint density at radius 2 is 1.80 bits per heavy atom. The Morgan fingerprint density at radius 3 is 2.27 bits per heavy atom. The van der Waals surface area contributed by atoms with E-state index in [-0.39, 0.29) is 5.56 Å². The van der Waals surface area contributed by atoms with Gasteiger partial charge in [-0.3, -0.25) is 4.79 Å². The second-order valence-corrected chi connectivity index (χ2v) is 3.16. The lowest BCUT2D eigenvalue weighted by Crippen LogP contribution is -2.40. The normalized spacial score (nSPS) is 11.9. The maximum atomic E-state index is 11.3. The summed E-state index contributed by atoms with van der Waals surface area (Å²) < 4.78 is 0. The van der Waals surface area contributed by atoms with Crippen LogP contribution in [0.2, 0.25) is 5.02 Å². The van der Waals surface area contributed by atoms with Gasteiger partial charge < -0.3 is 15.5 Å². The van der Waals surface area contributed by atoms with Crippen molar-refractivity contribution in [2.24, 2.45) is 0 Å². The van der Waals surface area contributed by atoms with Gasteiger partial charge in [-0.2, -0.15) is 0 Å². The second-order valence-electron chi connectivity index (χ2n) is 2.72. The summed E-state index contributed by atoms with van der Waals surface area (Å²) in [6, 6.07) is 5.83. The number of rotatable bonds is 3. The van der Waals surface area contributed by atoms with Crippen molar-refractivity contribution in [1.29, 1.82) is 0 Å². The summed E-state index contributed by atoms with van der Waals surface area (Å²) in [6.07, 6.45) is -1.91. The molecule has 1 aromatic rings. The van der Waals surface area contributed by atoms with Crippen molar-refractivity contribution in [3.8, 4) is 0 Å². The average molecular weight is 230 g/mol. The Hall–Kier alpha value is -1.59. The fraction of sp³-hybridized carbons (Fsp3) is 0.111. The molecule has 0 saturated heterocycles. The molecule has 0 aromatic heterocycles. The van der Waals surface area contributed by atoms with Crippen LogP contribution in [0, 0.1) is 0 Å². The summed E-state index contributed by atoms with van der Waals surface area (Å²) in [5.74, 6) is -2.20. The number of aliphatic hydroxyl groups excluding tert-OH is 1. The number of aliphatic hydroxyl groups is 1. The molecule has 0 spiro atoms. The van der Waals surface area contributed by atoms with E-state index in [1.165, 1.54) is 24.3 Å². The van der Waals surface area contributed by atoms with E-state index in [1.807, 2.05) is 5.32 Å². The number of carboxylic acids is 1. The Kier molecular flexibility index (Phi) is 3.65. The summed E-state index contributed by atoms with van der Waals surface area (Å²) in [7, 11) is 0. The van der Waals surface area contributed by atoms with Crippen molar-refractivity contribution in [3.05, 3.63) is 34.9 Å². The number of nitrogens with one attached hydrogen (secondary N) is 1. The summed E-state index contributed by atoms with van der Waals surface area (Å²) in [6.45, 7) is 0. The molecule has 3 N–H and O–H groups in total. The topological polar surface area (TPSA) is 86.6 Å². The van der Waals surface area contributed by atoms with Crippen LogP contribution < -0.4 is 5.32 Å². The molecule has 1 amide bonds. The maximum absolute atomic E-state index is 11.3. The molecular weight excluding hydrogens is 222 g/mol. The number of hydrogen-bond donors (Lipinski definition) is 3. The van der Waals surface area contributed by atoms with E-state index in [0.717, 1.165) is 0 Å². The first kappa shape index (κ1) is 11.5. The lowest BCUT2D eigenvalue weighted by molar-refractivity contribution is -0.147. The molecule has 80 valence electrons. The lowest BCUT2D eigenvalue weighted by atomic mass is 10.2. The predicted octanol–water partition coefficient (Wildman–Crippen LogP) is 0.473. The van der Waals surface area contributed by atoms with Crippen LogP contribution in [0.25, 0.3) is 0 Å². The van der Waals surface area contributed by atoms with E-state index in [9.17, 15) is 9.59 Å². The zero-order valence-corrected chi connectivity index (χ0v) is 8.23. The van der Waals surface area contributed by atoms with Gasteiger partial charge in [0.05, 0.1) is 0 Å². The lowest BCUT2D eigenvalue weighted by Gasteiger charge is -2.07. The van der Waals surface area contributed by atoms with E-state index in [0.29, 0.717) is 5.02 Å². The highest BCUT2D eigenvalue weighted by molar-refractivity contribution is 6.30. The first-order valence-corrected chi connectivity index (χ1v) is 4.36. The molecule has 0 aliphatic heterocycles. The SMILES string of the molecule is O=C(N[C@H](O)C(=O)O)c1ccc(Cl)cc1. The monoisotopic (exact) mass is 229 g/mol. The van der Waals surface area contributed by atoms with Gasteiger partial charge in [-0.25, -0.2) is 4.79 Å². The molecule has 0 heterocycles. The van der Waals surface area contributed by atoms with Crippen LogP contribution in [0.4, 0.5) is 0 Å². The van der Waals surface area contributed by atoms with Crippen molar-refractivity contribution < 1.29 is 19.8 Å². The number of carbonyl (C=O) groups is 2. The number of carbonyl (C=O) groups excluding carboxylic acids is 1. The fourth-order valence-corrected chi connectivity index (χ4v) is 0.996. The van der Waals surface area contributed by atoms with Crippen LogP contribution in [-0.4, -0.2) is 28.3 Å². The number of benzene rings is 1. The Labute approximate surface area is 90.3 Å². The molecule has 1 rings (SSSR count). The summed E-state index contributed by atoms with van der Waals surface area (Å²) in [4.78, 5) is 21.5. The summed E-state index contributed by atoms with van der Waals surface area (Å²) in [5, 5.41) is 19.5. The van der Waals surface area contributed by atoms with E-state index < -0.39 is 18.1 Å². The largest absolute Gasteiger partial charge is 0.478 e. The van der Waals surface area contributed by atoms with E-state index in [2.05, 4.69) is 0 Å². The summed E-state index contributed by atoms with van der Waals surface area (Å²) in [5.41, 5.74) is 0.222. The highest BCUT2D eigenvalue weighted by atomic mass is 35.5. The van der Waals surface area contributed by atoms with Crippen LogP contribution in [0.3, 0.4) is 0 Å². The van der Waals surface area contributed by atoms with Crippen molar-refractivity contribution >= 4 is 23.5 Å². The fourth-order valence-electron chi connectivity index (χ4n) is 0.871. The van der Waals surface area contributed by atoms with E-state index in [1.54, 1.807) is 0 Å². The molecule has 1 aromatic carbocycles. The van der Waals surface area contributed by atoms with Gasteiger partial charge in [0.25, 0.3) is 5.91 Å². The molecule has 1 atom stereocenters. The zero-order chi connectivity index (χ0) is 11.4. The average Bonchev–Trinajstić information content (AvgIpc) is 2.18. The number of amides is 1. The van der Waals surface area contributed by atoms with Gasteiger partial charge >= 0.3 is 5.97 Å². The molecule has 6 heteroatoms. The third-order valence-corrected chi connectivity index (χ3v) is 1.86. The zero-order valence-electron chi connectivity index (χ0n) is 7.48. The third kappa shape index (κ3) is 3.23. The number of aliphatic carboxylic acids is 1. The highest BCUT2D eigenvalue weighted by Gasteiger charge is 2.16. The molecule has 0 unspecified atom stereocenters. The summed E-state index contributed by atoms with van der Waals surface area (Å²) >= 11 is 5.60. The van der Waals surface area contributed by atoms with Crippen molar-refractivity contribution in [1.82, 2.24) is 5.32 Å². The molecule has 5 nitrogen and oxygen atoms in total. The molecule has 0 saturated carbocycles. The molecular formula is C9H8ClNO4. The van der Waals surface area contributed by atoms with Crippen LogP contribution >= 0.6 is 11.6 Å². The van der Waals surface area contributed by atoms with Crippen molar-refractivity contribution in [2.45, 2.75) is 6.23 Å². The van der Waals surface area contributed by atoms with Gasteiger partial charge in [-0.1, -0.05) is 11.6 Å². The minimum Gasteiger partial charge on any atom is -0.478 e. The van der Waals surface area contributed by atoms with Gasteiger partial charge in [0.1, 0.15) is 0 Å². The predicted molar refractivity (Wildman–Crippen MR) is 52.6 cm³/mol. The van der Waals surface area contributed by atoms with Crippen molar-refractivity contribution in [3.63, 3.8) is 0 Å². The van der Waals surface area contributed by atoms with Gasteiger partial charge in [0.2, 0.25) is 6.23 Å². The van der Waals surface area contributed by atoms with Crippen LogP contribution in [0.5, 0.6) is 0 Å². The highest BCUT2D eigenvalue weighted by Crippen LogP contribution is 2.09.